The Kier molecular flexibility index (Phi) is 12.9. The fourth-order valence-corrected chi connectivity index (χ4v) is 11.2. The first-order valence-electron chi connectivity index (χ1n) is 16.3. The van der Waals surface area contributed by atoms with Crippen molar-refractivity contribution in [3.8, 4) is 0 Å². The molecular formula is C42H33Cl2FeN3O2P2. The van der Waals surface area contributed by atoms with E-state index >= 15 is 0 Å². The Morgan fingerprint density at radius 1 is 0.481 bits per heavy atom. The fourth-order valence-electron chi connectivity index (χ4n) is 5.86. The molecule has 0 aromatic heterocycles. The van der Waals surface area contributed by atoms with Gasteiger partial charge in [0.15, 0.2) is 14.3 Å². The van der Waals surface area contributed by atoms with Gasteiger partial charge in [0, 0.05) is 44.5 Å². The van der Waals surface area contributed by atoms with Crippen LogP contribution in [0.4, 0.5) is 11.4 Å². The van der Waals surface area contributed by atoms with Crippen LogP contribution in [0.2, 0.25) is 0 Å². The number of halogens is 2. The van der Waals surface area contributed by atoms with Crippen LogP contribution in [0, 0.1) is 0 Å². The van der Waals surface area contributed by atoms with Crippen LogP contribution in [-0.4, -0.2) is 18.1 Å². The quantitative estimate of drug-likeness (QED) is 0.0788. The van der Waals surface area contributed by atoms with Crippen molar-refractivity contribution in [1.29, 1.82) is 0 Å². The normalized spacial score (nSPS) is 13.1. The molecule has 0 N–H and O–H groups in total. The molecule has 260 valence electrons. The van der Waals surface area contributed by atoms with Crippen molar-refractivity contribution in [3.63, 3.8) is 0 Å². The molecule has 5 nitrogen and oxygen atoms in total. The molecule has 0 amide bonds. The molecular weight excluding hydrogens is 767 g/mol. The Balaban J connectivity index is 0.00000150. The molecule has 0 spiro atoms. The standard InChI is InChI=1S/C42H33N3O2P2.2ClH.Fe/c46-48(37-13-5-1-6-14-37,38-15-7-2-8-16-38)41-27-23-33(24-28-41)43-31-35-21-22-36(45-35)32-44-34-25-29-42(30-26-34)49(47,39-17-9-3-10-18-39)40-19-11-4-12-20-40;;;/h1-21,23-32H,22H2;2*1H;/q;;;+2/p-2. The second kappa shape index (κ2) is 17.9. The van der Waals surface area contributed by atoms with E-state index in [1.165, 1.54) is 0 Å². The molecule has 0 fully saturated rings. The minimum atomic E-state index is -3.03. The molecule has 0 bridgehead atoms. The molecule has 0 saturated heterocycles. The molecule has 0 unspecified atom stereocenters. The van der Waals surface area contributed by atoms with Crippen molar-refractivity contribution < 1.29 is 22.3 Å². The van der Waals surface area contributed by atoms with E-state index in [1.54, 1.807) is 12.4 Å². The van der Waals surface area contributed by atoms with Crippen LogP contribution >= 0.6 is 34.5 Å². The number of nitrogens with zero attached hydrogens (tertiary/aromatic N) is 3. The summed E-state index contributed by atoms with van der Waals surface area (Å²) < 4.78 is 29.2. The summed E-state index contributed by atoms with van der Waals surface area (Å²) in [6.45, 7) is 0. The van der Waals surface area contributed by atoms with E-state index in [4.69, 9.17) is 20.2 Å². The van der Waals surface area contributed by atoms with Crippen LogP contribution in [0.25, 0.3) is 0 Å². The summed E-state index contributed by atoms with van der Waals surface area (Å²) in [5.74, 6) is 0. The summed E-state index contributed by atoms with van der Waals surface area (Å²) in [4.78, 5) is 14.0. The molecule has 0 radical (unpaired) electrons. The average Bonchev–Trinajstić information content (AvgIpc) is 3.68. The third-order valence-electron chi connectivity index (χ3n) is 8.41. The van der Waals surface area contributed by atoms with Gasteiger partial charge in [-0.15, -0.1) is 0 Å². The Labute approximate surface area is 319 Å². The molecule has 10 heteroatoms. The second-order valence-corrected chi connectivity index (χ2v) is 19.0. The van der Waals surface area contributed by atoms with Gasteiger partial charge in [0.05, 0.1) is 29.0 Å². The molecule has 1 aliphatic rings. The first-order chi connectivity index (χ1) is 25.4. The number of allylic oxidation sites excluding steroid dienone is 2. The van der Waals surface area contributed by atoms with E-state index in [-0.39, 0.29) is 13.1 Å². The molecule has 7 rings (SSSR count). The van der Waals surface area contributed by atoms with Gasteiger partial charge in [0.2, 0.25) is 0 Å². The van der Waals surface area contributed by atoms with Crippen molar-refractivity contribution in [1.82, 2.24) is 0 Å². The molecule has 52 heavy (non-hydrogen) atoms. The second-order valence-electron chi connectivity index (χ2n) is 11.6. The predicted octanol–water partition coefficient (Wildman–Crippen LogP) is 9.18. The maximum atomic E-state index is 14.6. The van der Waals surface area contributed by atoms with Gasteiger partial charge >= 0.3 is 33.3 Å². The maximum absolute atomic E-state index is 14.6. The van der Waals surface area contributed by atoms with Crippen LogP contribution in [0.5, 0.6) is 0 Å². The predicted molar refractivity (Wildman–Crippen MR) is 220 cm³/mol. The van der Waals surface area contributed by atoms with E-state index in [1.807, 2.05) is 176 Å². The summed E-state index contributed by atoms with van der Waals surface area (Å²) in [6.07, 6.45) is 6.16. The van der Waals surface area contributed by atoms with Gasteiger partial charge in [-0.25, -0.2) is 0 Å². The van der Waals surface area contributed by atoms with Gasteiger partial charge < -0.3 is 9.13 Å². The minimum absolute atomic E-state index is 0.194. The van der Waals surface area contributed by atoms with E-state index in [2.05, 4.69) is 15.0 Å². The van der Waals surface area contributed by atoms with Crippen molar-refractivity contribution in [2.45, 2.75) is 6.42 Å². The molecule has 1 aliphatic heterocycles. The van der Waals surface area contributed by atoms with Gasteiger partial charge in [-0.1, -0.05) is 127 Å². The number of hydrogen-bond acceptors (Lipinski definition) is 5. The summed E-state index contributed by atoms with van der Waals surface area (Å²) in [7, 11) is 3.47. The van der Waals surface area contributed by atoms with Gasteiger partial charge in [0.25, 0.3) is 0 Å². The molecule has 0 atom stereocenters. The van der Waals surface area contributed by atoms with Crippen LogP contribution in [0.15, 0.2) is 197 Å². The first-order valence-corrected chi connectivity index (χ1v) is 22.8. The number of aliphatic imine (C=N–C) groups is 3. The van der Waals surface area contributed by atoms with Crippen LogP contribution < -0.4 is 31.8 Å². The van der Waals surface area contributed by atoms with Gasteiger partial charge in [-0.2, -0.15) is 0 Å². The van der Waals surface area contributed by atoms with E-state index in [9.17, 15) is 9.13 Å². The van der Waals surface area contributed by atoms with Crippen molar-refractivity contribution in [2.75, 3.05) is 0 Å². The monoisotopic (exact) mass is 799 g/mol. The van der Waals surface area contributed by atoms with Gasteiger partial charge in [-0.05, 0) is 48.5 Å². The Morgan fingerprint density at radius 2 is 0.788 bits per heavy atom. The van der Waals surface area contributed by atoms with Crippen LogP contribution in [0.1, 0.15) is 6.42 Å². The van der Waals surface area contributed by atoms with Crippen LogP contribution in [0.3, 0.4) is 0 Å². The zero-order valence-corrected chi connectivity index (χ0v) is 32.2. The third kappa shape index (κ3) is 8.63. The topological polar surface area (TPSA) is 71.2 Å². The van der Waals surface area contributed by atoms with Gasteiger partial charge in [0.1, 0.15) is 0 Å². The Morgan fingerprint density at radius 3 is 1.13 bits per heavy atom. The third-order valence-corrected chi connectivity index (χ3v) is 14.6. The summed E-state index contributed by atoms with van der Waals surface area (Å²) >= 11 is 0.194. The first kappa shape index (κ1) is 37.4. The van der Waals surface area contributed by atoms with E-state index < -0.39 is 14.3 Å². The molecule has 6 aromatic carbocycles. The fraction of sp³-hybridized carbons (Fsp3) is 0.0238. The molecule has 1 heterocycles. The van der Waals surface area contributed by atoms with Crippen molar-refractivity contribution in [2.24, 2.45) is 15.0 Å². The van der Waals surface area contributed by atoms with Crippen LogP contribution in [-0.2, 0) is 22.3 Å². The van der Waals surface area contributed by atoms with Gasteiger partial charge in [-0.3, -0.25) is 15.0 Å². The number of hydrogen-bond donors (Lipinski definition) is 0. The Hall–Kier alpha value is -4.37. The zero-order valence-electron chi connectivity index (χ0n) is 27.8. The SMILES string of the molecule is O=P(c1ccccc1)(c1ccccc1)c1ccc(N=CC2=CCC(C=Nc3ccc(P(=O)(c4ccccc4)c4ccccc4)cc3)=N2)cc1.[Cl][Fe][Cl]. The van der Waals surface area contributed by atoms with Crippen molar-refractivity contribution in [3.05, 3.63) is 182 Å². The van der Waals surface area contributed by atoms with Crippen molar-refractivity contribution >= 4 is 95.8 Å². The van der Waals surface area contributed by atoms with E-state index in [0.29, 0.717) is 6.42 Å². The zero-order chi connectivity index (χ0) is 36.2. The number of benzene rings is 6. The summed E-state index contributed by atoms with van der Waals surface area (Å²) in [5, 5.41) is 4.72. The average molecular weight is 800 g/mol. The Bertz CT molecular complexity index is 2220. The molecule has 0 aliphatic carbocycles. The molecule has 0 saturated carbocycles. The molecule has 6 aromatic rings. The summed E-state index contributed by atoms with van der Waals surface area (Å²) in [6, 6.07) is 53.7. The number of rotatable bonds is 10. The van der Waals surface area contributed by atoms with E-state index in [0.717, 1.165) is 54.6 Å². The summed E-state index contributed by atoms with van der Waals surface area (Å²) in [5.41, 5.74) is 3.08.